The summed E-state index contributed by atoms with van der Waals surface area (Å²) in [6, 6.07) is 13.2. The number of methoxy groups -OCH3 is 2. The highest BCUT2D eigenvalue weighted by Crippen LogP contribution is 2.40. The first-order chi connectivity index (χ1) is 15.9. The lowest BCUT2D eigenvalue weighted by Gasteiger charge is -2.25. The van der Waals surface area contributed by atoms with Crippen molar-refractivity contribution in [2.24, 2.45) is 5.92 Å². The Morgan fingerprint density at radius 1 is 1.03 bits per heavy atom. The van der Waals surface area contributed by atoms with E-state index in [4.69, 9.17) is 14.2 Å². The highest BCUT2D eigenvalue weighted by Gasteiger charge is 2.46. The fraction of sp³-hybridized carbons (Fsp3) is 0.385. The molecule has 3 rings (SSSR count). The zero-order valence-electron chi connectivity index (χ0n) is 19.5. The molecule has 2 aromatic rings. The standard InChI is InChI=1S/C26H31NO6/c1-17(2)12-14-33-21-7-5-6-19(16-21)23-22(25(29)26(30)27(23)13-15-31-3)24(28)18-8-10-20(32-4)11-9-18/h5-11,16-17,23,28H,12-15H2,1-4H3/b24-22+. The fourth-order valence-electron chi connectivity index (χ4n) is 3.74. The molecule has 1 aliphatic heterocycles. The van der Waals surface area contributed by atoms with Crippen LogP contribution in [-0.2, 0) is 14.3 Å². The third kappa shape index (κ3) is 5.54. The third-order valence-electron chi connectivity index (χ3n) is 5.58. The molecule has 7 nitrogen and oxygen atoms in total. The molecule has 1 saturated heterocycles. The molecule has 0 saturated carbocycles. The highest BCUT2D eigenvalue weighted by molar-refractivity contribution is 6.46. The number of aliphatic hydroxyl groups excluding tert-OH is 1. The maximum Gasteiger partial charge on any atom is 0.295 e. The highest BCUT2D eigenvalue weighted by atomic mass is 16.5. The molecule has 0 aromatic heterocycles. The van der Waals surface area contributed by atoms with Crippen LogP contribution in [0.15, 0.2) is 54.1 Å². The average Bonchev–Trinajstić information content (AvgIpc) is 3.07. The SMILES string of the molecule is COCCN1C(=O)C(=O)/C(=C(/O)c2ccc(OC)cc2)C1c1cccc(OCCC(C)C)c1. The number of hydrogen-bond donors (Lipinski definition) is 1. The number of amides is 1. The van der Waals surface area contributed by atoms with Gasteiger partial charge in [-0.25, -0.2) is 0 Å². The molecule has 1 fully saturated rings. The zero-order valence-corrected chi connectivity index (χ0v) is 19.5. The summed E-state index contributed by atoms with van der Waals surface area (Å²) in [7, 11) is 3.08. The van der Waals surface area contributed by atoms with Gasteiger partial charge in [-0.3, -0.25) is 9.59 Å². The lowest BCUT2D eigenvalue weighted by atomic mass is 9.95. The van der Waals surface area contributed by atoms with Crippen molar-refractivity contribution in [2.45, 2.75) is 26.3 Å². The van der Waals surface area contributed by atoms with Gasteiger partial charge in [0.1, 0.15) is 17.3 Å². The molecule has 33 heavy (non-hydrogen) atoms. The molecular formula is C26H31NO6. The molecule has 1 amide bonds. The van der Waals surface area contributed by atoms with Gasteiger partial charge in [0.25, 0.3) is 11.7 Å². The molecular weight excluding hydrogens is 422 g/mol. The number of Topliss-reactive ketones (excluding diaryl/α,β-unsaturated/α-hetero) is 1. The number of nitrogens with zero attached hydrogens (tertiary/aromatic N) is 1. The first-order valence-corrected chi connectivity index (χ1v) is 11.0. The third-order valence-corrected chi connectivity index (χ3v) is 5.58. The van der Waals surface area contributed by atoms with Crippen LogP contribution >= 0.6 is 0 Å². The number of hydrogen-bond acceptors (Lipinski definition) is 6. The molecule has 1 aliphatic rings. The van der Waals surface area contributed by atoms with E-state index in [0.29, 0.717) is 35.2 Å². The summed E-state index contributed by atoms with van der Waals surface area (Å²) in [6.07, 6.45) is 0.911. The Kier molecular flexibility index (Phi) is 8.11. The number of carbonyl (C=O) groups is 2. The average molecular weight is 454 g/mol. The van der Waals surface area contributed by atoms with Crippen molar-refractivity contribution in [1.29, 1.82) is 0 Å². The van der Waals surface area contributed by atoms with Crippen molar-refractivity contribution in [3.05, 3.63) is 65.2 Å². The van der Waals surface area contributed by atoms with Crippen molar-refractivity contribution in [2.75, 3.05) is 34.0 Å². The van der Waals surface area contributed by atoms with E-state index >= 15 is 0 Å². The van der Waals surface area contributed by atoms with E-state index in [2.05, 4.69) is 13.8 Å². The molecule has 1 unspecified atom stereocenters. The maximum atomic E-state index is 13.0. The van der Waals surface area contributed by atoms with Crippen LogP contribution in [0.3, 0.4) is 0 Å². The summed E-state index contributed by atoms with van der Waals surface area (Å²) >= 11 is 0. The molecule has 176 valence electrons. The number of carbonyl (C=O) groups excluding carboxylic acids is 2. The maximum absolute atomic E-state index is 13.0. The fourth-order valence-corrected chi connectivity index (χ4v) is 3.74. The van der Waals surface area contributed by atoms with Gasteiger partial charge in [-0.2, -0.15) is 0 Å². The smallest absolute Gasteiger partial charge is 0.295 e. The van der Waals surface area contributed by atoms with Crippen molar-refractivity contribution in [3.8, 4) is 11.5 Å². The minimum atomic E-state index is -0.754. The predicted molar refractivity (Wildman–Crippen MR) is 125 cm³/mol. The minimum absolute atomic E-state index is 0.0422. The van der Waals surface area contributed by atoms with Gasteiger partial charge in [0, 0.05) is 19.2 Å². The summed E-state index contributed by atoms with van der Waals surface area (Å²) in [4.78, 5) is 27.4. The van der Waals surface area contributed by atoms with Crippen molar-refractivity contribution < 1.29 is 28.9 Å². The quantitative estimate of drug-likeness (QED) is 0.330. The van der Waals surface area contributed by atoms with Gasteiger partial charge >= 0.3 is 0 Å². The van der Waals surface area contributed by atoms with Gasteiger partial charge in [0.15, 0.2) is 0 Å². The van der Waals surface area contributed by atoms with Crippen LogP contribution in [0.4, 0.5) is 0 Å². The Morgan fingerprint density at radius 3 is 2.39 bits per heavy atom. The Balaban J connectivity index is 2.04. The van der Waals surface area contributed by atoms with Gasteiger partial charge in [0.2, 0.25) is 0 Å². The summed E-state index contributed by atoms with van der Waals surface area (Å²) in [5, 5.41) is 11.1. The Bertz CT molecular complexity index is 1010. The van der Waals surface area contributed by atoms with E-state index in [1.807, 2.05) is 24.3 Å². The number of ether oxygens (including phenoxy) is 3. The largest absolute Gasteiger partial charge is 0.507 e. The number of ketones is 1. The normalized spacial score (nSPS) is 17.6. The topological polar surface area (TPSA) is 85.3 Å². The lowest BCUT2D eigenvalue weighted by molar-refractivity contribution is -0.140. The monoisotopic (exact) mass is 453 g/mol. The van der Waals surface area contributed by atoms with E-state index in [9.17, 15) is 14.7 Å². The van der Waals surface area contributed by atoms with E-state index in [1.165, 1.54) is 12.0 Å². The van der Waals surface area contributed by atoms with Gasteiger partial charge in [-0.15, -0.1) is 0 Å². The summed E-state index contributed by atoms with van der Waals surface area (Å²) in [5.41, 5.74) is 1.15. The molecule has 1 atom stereocenters. The number of rotatable bonds is 10. The molecule has 0 spiro atoms. The molecule has 0 aliphatic carbocycles. The van der Waals surface area contributed by atoms with Gasteiger partial charge in [-0.1, -0.05) is 26.0 Å². The zero-order chi connectivity index (χ0) is 24.0. The predicted octanol–water partition coefficient (Wildman–Crippen LogP) is 4.19. The first kappa shape index (κ1) is 24.3. The molecule has 1 heterocycles. The number of aliphatic hydroxyl groups is 1. The van der Waals surface area contributed by atoms with Crippen LogP contribution in [0.5, 0.6) is 11.5 Å². The summed E-state index contributed by atoms with van der Waals surface area (Å²) in [6.45, 7) is 5.29. The van der Waals surface area contributed by atoms with E-state index in [-0.39, 0.29) is 24.5 Å². The second-order valence-electron chi connectivity index (χ2n) is 8.32. The van der Waals surface area contributed by atoms with Gasteiger partial charge < -0.3 is 24.2 Å². The lowest BCUT2D eigenvalue weighted by Crippen LogP contribution is -2.32. The first-order valence-electron chi connectivity index (χ1n) is 11.0. The van der Waals surface area contributed by atoms with Crippen LogP contribution < -0.4 is 9.47 Å². The molecule has 2 aromatic carbocycles. The van der Waals surface area contributed by atoms with E-state index in [1.54, 1.807) is 31.4 Å². The van der Waals surface area contributed by atoms with Crippen molar-refractivity contribution in [1.82, 2.24) is 4.90 Å². The minimum Gasteiger partial charge on any atom is -0.507 e. The molecule has 7 heteroatoms. The number of likely N-dealkylation sites (tertiary alicyclic amines) is 1. The van der Waals surface area contributed by atoms with Crippen LogP contribution in [0.25, 0.3) is 5.76 Å². The van der Waals surface area contributed by atoms with Crippen molar-refractivity contribution >= 4 is 17.4 Å². The summed E-state index contributed by atoms with van der Waals surface area (Å²) < 4.78 is 16.2. The second kappa shape index (κ2) is 11.0. The van der Waals surface area contributed by atoms with E-state index in [0.717, 1.165) is 6.42 Å². The van der Waals surface area contributed by atoms with E-state index < -0.39 is 17.7 Å². The second-order valence-corrected chi connectivity index (χ2v) is 8.32. The number of benzene rings is 2. The van der Waals surface area contributed by atoms with Crippen LogP contribution in [0.1, 0.15) is 37.4 Å². The van der Waals surface area contributed by atoms with Crippen molar-refractivity contribution in [3.63, 3.8) is 0 Å². The Labute approximate surface area is 194 Å². The molecule has 1 N–H and O–H groups in total. The van der Waals surface area contributed by atoms with Crippen LogP contribution in [0.2, 0.25) is 0 Å². The van der Waals surface area contributed by atoms with Gasteiger partial charge in [-0.05, 0) is 54.3 Å². The molecule has 0 radical (unpaired) electrons. The molecule has 0 bridgehead atoms. The summed E-state index contributed by atoms with van der Waals surface area (Å²) in [5.74, 6) is 0.157. The Hall–Kier alpha value is -3.32. The Morgan fingerprint density at radius 2 is 1.76 bits per heavy atom. The van der Waals surface area contributed by atoms with Crippen LogP contribution in [0, 0.1) is 5.92 Å². The van der Waals surface area contributed by atoms with Crippen LogP contribution in [-0.4, -0.2) is 55.7 Å². The van der Waals surface area contributed by atoms with Gasteiger partial charge in [0.05, 0.1) is 31.9 Å².